The quantitative estimate of drug-likeness (QED) is 0.198. The van der Waals surface area contributed by atoms with E-state index in [0.29, 0.717) is 35.0 Å². The first-order valence-corrected chi connectivity index (χ1v) is 16.3. The number of alkyl halides is 2. The van der Waals surface area contributed by atoms with Crippen LogP contribution in [0, 0.1) is 5.92 Å². The van der Waals surface area contributed by atoms with Crippen molar-refractivity contribution in [1.29, 1.82) is 0 Å². The Balaban J connectivity index is 1.43. The molecule has 2 aromatic carbocycles. The van der Waals surface area contributed by atoms with Crippen LogP contribution in [-0.4, -0.2) is 77.6 Å². The zero-order valence-corrected chi connectivity index (χ0v) is 27.3. The number of halogens is 4. The van der Waals surface area contributed by atoms with E-state index < -0.39 is 30.0 Å². The third kappa shape index (κ3) is 8.21. The molecular weight excluding hydrogens is 663 g/mol. The Bertz CT molecular complexity index is 1590. The monoisotopic (exact) mass is 693 g/mol. The number of ether oxygens (including phenoxy) is 3. The highest BCUT2D eigenvalue weighted by Crippen LogP contribution is 2.39. The number of esters is 1. The van der Waals surface area contributed by atoms with Crippen LogP contribution in [0.25, 0.3) is 0 Å². The van der Waals surface area contributed by atoms with Gasteiger partial charge in [-0.05, 0) is 60.2 Å². The molecule has 2 aliphatic rings. The number of hydrogen-bond donors (Lipinski definition) is 0. The van der Waals surface area contributed by atoms with Gasteiger partial charge in [-0.15, -0.1) is 11.8 Å². The molecular formula is C32H31Cl2F2N3O6S. The Labute approximate surface area is 279 Å². The molecule has 3 aromatic rings. The van der Waals surface area contributed by atoms with Crippen LogP contribution < -0.4 is 9.47 Å². The van der Waals surface area contributed by atoms with E-state index in [9.17, 15) is 23.2 Å². The number of carbonyl (C=O) groups is 3. The maximum atomic E-state index is 13.8. The first-order chi connectivity index (χ1) is 22.0. The minimum Gasteiger partial charge on any atom is -0.489 e. The maximum Gasteiger partial charge on any atom is 0.387 e. The molecule has 1 saturated heterocycles. The van der Waals surface area contributed by atoms with Gasteiger partial charge in [-0.1, -0.05) is 35.3 Å². The standard InChI is InChI=1S/C32H31Cl2F2N3O6S/c1-38(2)28(40)20-4-3-5-21(12-20)29(41)39-10-11-46-30(39)31(42)44-26(14-22-23(33)15-37-16-24(22)34)19-8-9-25(45-32(35)36)27(13-19)43-17-18-6-7-18/h3-5,8-9,12-13,15-16,18,26,30,32H,6-7,10-11,14,17H2,1-2H3. The molecule has 0 bridgehead atoms. The Hall–Kier alpha value is -3.61. The van der Waals surface area contributed by atoms with E-state index in [1.54, 1.807) is 32.3 Å². The summed E-state index contributed by atoms with van der Waals surface area (Å²) in [5.74, 6) is -0.650. The number of amides is 2. The van der Waals surface area contributed by atoms with Crippen LogP contribution in [0.5, 0.6) is 11.5 Å². The van der Waals surface area contributed by atoms with Gasteiger partial charge in [0.25, 0.3) is 11.8 Å². The lowest BCUT2D eigenvalue weighted by Crippen LogP contribution is -2.41. The summed E-state index contributed by atoms with van der Waals surface area (Å²) in [4.78, 5) is 46.7. The smallest absolute Gasteiger partial charge is 0.387 e. The average Bonchev–Trinajstić information content (AvgIpc) is 3.73. The van der Waals surface area contributed by atoms with Crippen molar-refractivity contribution in [3.63, 3.8) is 0 Å². The van der Waals surface area contributed by atoms with Crippen molar-refractivity contribution >= 4 is 52.7 Å². The SMILES string of the molecule is CN(C)C(=O)c1cccc(C(=O)N2CCSC2C(=O)OC(Cc2c(Cl)cncc2Cl)c2ccc(OC(F)F)c(OCC3CC3)c2)c1. The Kier molecular flexibility index (Phi) is 10.9. The second-order valence-electron chi connectivity index (χ2n) is 11.1. The van der Waals surface area contributed by atoms with Gasteiger partial charge in [-0.25, -0.2) is 4.79 Å². The second kappa shape index (κ2) is 14.9. The van der Waals surface area contributed by atoms with E-state index in [1.807, 2.05) is 0 Å². The molecule has 2 unspecified atom stereocenters. The number of rotatable bonds is 12. The number of nitrogens with zero attached hydrogens (tertiary/aromatic N) is 3. The predicted molar refractivity (Wildman–Crippen MR) is 170 cm³/mol. The molecule has 2 amide bonds. The van der Waals surface area contributed by atoms with Gasteiger partial charge in [0.05, 0.1) is 16.7 Å². The van der Waals surface area contributed by atoms with E-state index in [2.05, 4.69) is 9.72 Å². The van der Waals surface area contributed by atoms with E-state index >= 15 is 0 Å². The minimum absolute atomic E-state index is 0.0169. The fourth-order valence-electron chi connectivity index (χ4n) is 4.85. The summed E-state index contributed by atoms with van der Waals surface area (Å²) in [6.45, 7) is -2.46. The average molecular weight is 695 g/mol. The summed E-state index contributed by atoms with van der Waals surface area (Å²) in [6, 6.07) is 10.6. The molecule has 1 saturated carbocycles. The molecule has 9 nitrogen and oxygen atoms in total. The van der Waals surface area contributed by atoms with E-state index in [0.717, 1.165) is 12.8 Å². The fraction of sp³-hybridized carbons (Fsp3) is 0.375. The zero-order chi connectivity index (χ0) is 33.0. The molecule has 0 spiro atoms. The number of carbonyl (C=O) groups excluding carboxylic acids is 3. The van der Waals surface area contributed by atoms with Gasteiger partial charge in [0, 0.05) is 56.3 Å². The highest BCUT2D eigenvalue weighted by Gasteiger charge is 2.38. The first kappa shape index (κ1) is 33.7. The Morgan fingerprint density at radius 3 is 2.43 bits per heavy atom. The molecule has 1 aromatic heterocycles. The molecule has 244 valence electrons. The van der Waals surface area contributed by atoms with Crippen molar-refractivity contribution in [2.45, 2.75) is 37.4 Å². The third-order valence-corrected chi connectivity index (χ3v) is 9.28. The van der Waals surface area contributed by atoms with Crippen molar-refractivity contribution in [3.8, 4) is 11.5 Å². The lowest BCUT2D eigenvalue weighted by atomic mass is 10.0. The molecule has 1 aliphatic heterocycles. The summed E-state index contributed by atoms with van der Waals surface area (Å²) in [7, 11) is 3.23. The molecule has 0 N–H and O–H groups in total. The molecule has 1 aliphatic carbocycles. The second-order valence-corrected chi connectivity index (χ2v) is 13.1. The van der Waals surface area contributed by atoms with E-state index in [1.165, 1.54) is 58.2 Å². The molecule has 14 heteroatoms. The molecule has 46 heavy (non-hydrogen) atoms. The van der Waals surface area contributed by atoms with E-state index in [-0.39, 0.29) is 46.0 Å². The van der Waals surface area contributed by atoms with Gasteiger partial charge < -0.3 is 24.0 Å². The Morgan fingerprint density at radius 2 is 1.76 bits per heavy atom. The normalized spacial score (nSPS) is 16.7. The van der Waals surface area contributed by atoms with Crippen LogP contribution >= 0.6 is 35.0 Å². The molecule has 2 atom stereocenters. The lowest BCUT2D eigenvalue weighted by molar-refractivity contribution is -0.151. The van der Waals surface area contributed by atoms with Crippen LogP contribution in [0.3, 0.4) is 0 Å². The predicted octanol–water partition coefficient (Wildman–Crippen LogP) is 6.52. The highest BCUT2D eigenvalue weighted by molar-refractivity contribution is 8.00. The van der Waals surface area contributed by atoms with Crippen LogP contribution in [0.4, 0.5) is 8.78 Å². The van der Waals surface area contributed by atoms with Gasteiger partial charge >= 0.3 is 12.6 Å². The summed E-state index contributed by atoms with van der Waals surface area (Å²) in [5.41, 5.74) is 1.47. The molecule has 2 fully saturated rings. The van der Waals surface area contributed by atoms with Crippen molar-refractivity contribution < 1.29 is 37.4 Å². The Morgan fingerprint density at radius 1 is 1.04 bits per heavy atom. The number of pyridine rings is 1. The van der Waals surface area contributed by atoms with Gasteiger partial charge in [-0.2, -0.15) is 8.78 Å². The summed E-state index contributed by atoms with van der Waals surface area (Å²) in [6.07, 6.45) is 3.79. The van der Waals surface area contributed by atoms with Crippen LogP contribution in [-0.2, 0) is 16.0 Å². The highest BCUT2D eigenvalue weighted by atomic mass is 35.5. The number of thioether (sulfide) groups is 1. The summed E-state index contributed by atoms with van der Waals surface area (Å²) >= 11 is 14.1. The minimum atomic E-state index is -3.07. The number of hydrogen-bond acceptors (Lipinski definition) is 8. The fourth-order valence-corrected chi connectivity index (χ4v) is 6.47. The molecule has 5 rings (SSSR count). The van der Waals surface area contributed by atoms with Gasteiger partial charge in [0.2, 0.25) is 0 Å². The largest absolute Gasteiger partial charge is 0.489 e. The zero-order valence-electron chi connectivity index (χ0n) is 25.0. The maximum absolute atomic E-state index is 13.8. The van der Waals surface area contributed by atoms with Crippen molar-refractivity contribution in [2.24, 2.45) is 5.92 Å². The van der Waals surface area contributed by atoms with Gasteiger partial charge in [0.1, 0.15) is 6.10 Å². The van der Waals surface area contributed by atoms with Crippen LogP contribution in [0.1, 0.15) is 50.8 Å². The van der Waals surface area contributed by atoms with Crippen LogP contribution in [0.2, 0.25) is 10.0 Å². The van der Waals surface area contributed by atoms with E-state index in [4.69, 9.17) is 32.7 Å². The third-order valence-electron chi connectivity index (χ3n) is 7.44. The van der Waals surface area contributed by atoms with Crippen molar-refractivity contribution in [2.75, 3.05) is 33.0 Å². The van der Waals surface area contributed by atoms with Gasteiger partial charge in [-0.3, -0.25) is 14.6 Å². The lowest BCUT2D eigenvalue weighted by Gasteiger charge is -2.26. The topological polar surface area (TPSA) is 98.3 Å². The summed E-state index contributed by atoms with van der Waals surface area (Å²) < 4.78 is 42.9. The van der Waals surface area contributed by atoms with Gasteiger partial charge in [0.15, 0.2) is 16.9 Å². The molecule has 0 radical (unpaired) electrons. The number of benzene rings is 2. The van der Waals surface area contributed by atoms with Crippen LogP contribution in [0.15, 0.2) is 54.9 Å². The van der Waals surface area contributed by atoms with Crippen molar-refractivity contribution in [1.82, 2.24) is 14.8 Å². The first-order valence-electron chi connectivity index (χ1n) is 14.5. The summed E-state index contributed by atoms with van der Waals surface area (Å²) in [5, 5.41) is -0.496. The van der Waals surface area contributed by atoms with Crippen molar-refractivity contribution in [3.05, 3.63) is 87.2 Å². The number of aromatic nitrogens is 1. The molecule has 2 heterocycles.